The molecular formula is C17H25N. The number of rotatable bonds is 7. The number of hydrogen-bond acceptors (Lipinski definition) is 1. The molecular weight excluding hydrogens is 218 g/mol. The first-order valence-corrected chi connectivity index (χ1v) is 7.13. The van der Waals surface area contributed by atoms with Crippen molar-refractivity contribution in [2.24, 2.45) is 0 Å². The van der Waals surface area contributed by atoms with Gasteiger partial charge in [0.25, 0.3) is 0 Å². The molecule has 1 rings (SSSR count). The lowest BCUT2D eigenvalue weighted by atomic mass is 10.1. The van der Waals surface area contributed by atoms with Gasteiger partial charge in [-0.1, -0.05) is 56.7 Å². The van der Waals surface area contributed by atoms with E-state index in [0.29, 0.717) is 0 Å². The van der Waals surface area contributed by atoms with Crippen LogP contribution in [0.15, 0.2) is 30.3 Å². The van der Waals surface area contributed by atoms with Crippen LogP contribution in [-0.2, 0) is 0 Å². The van der Waals surface area contributed by atoms with E-state index in [1.54, 1.807) is 0 Å². The molecule has 1 heteroatoms. The molecule has 98 valence electrons. The van der Waals surface area contributed by atoms with Gasteiger partial charge >= 0.3 is 0 Å². The molecule has 1 nitrogen and oxygen atoms in total. The van der Waals surface area contributed by atoms with Gasteiger partial charge in [-0.05, 0) is 25.5 Å². The summed E-state index contributed by atoms with van der Waals surface area (Å²) in [5, 5.41) is 3.38. The molecule has 0 aromatic heterocycles. The Balaban J connectivity index is 2.14. The minimum atomic E-state index is 0.225. The molecule has 0 heterocycles. The van der Waals surface area contributed by atoms with E-state index in [9.17, 15) is 0 Å². The maximum Gasteiger partial charge on any atom is 0.0848 e. The zero-order valence-corrected chi connectivity index (χ0v) is 11.7. The van der Waals surface area contributed by atoms with Gasteiger partial charge in [-0.25, -0.2) is 0 Å². The highest BCUT2D eigenvalue weighted by Gasteiger charge is 1.95. The maximum absolute atomic E-state index is 3.38. The van der Waals surface area contributed by atoms with Crippen LogP contribution in [0.3, 0.4) is 0 Å². The topological polar surface area (TPSA) is 12.0 Å². The Labute approximate surface area is 112 Å². The van der Waals surface area contributed by atoms with Crippen molar-refractivity contribution in [3.63, 3.8) is 0 Å². The number of para-hydroxylation sites is 1. The van der Waals surface area contributed by atoms with Crippen molar-refractivity contribution >= 4 is 5.69 Å². The Bertz CT molecular complexity index is 358. The third-order valence-corrected chi connectivity index (χ3v) is 2.88. The number of hydrogen-bond donors (Lipinski definition) is 1. The number of unbranched alkanes of at least 4 members (excludes halogenated alkanes) is 5. The first kappa shape index (κ1) is 14.6. The van der Waals surface area contributed by atoms with Crippen LogP contribution in [0.25, 0.3) is 0 Å². The predicted octanol–water partition coefficient (Wildman–Crippen LogP) is 4.85. The Kier molecular flexibility index (Phi) is 7.80. The van der Waals surface area contributed by atoms with E-state index in [2.05, 4.69) is 43.1 Å². The van der Waals surface area contributed by atoms with Gasteiger partial charge in [0.15, 0.2) is 0 Å². The molecule has 0 amide bonds. The van der Waals surface area contributed by atoms with E-state index >= 15 is 0 Å². The van der Waals surface area contributed by atoms with E-state index < -0.39 is 0 Å². The Hall–Kier alpha value is -1.42. The van der Waals surface area contributed by atoms with E-state index in [4.69, 9.17) is 0 Å². The van der Waals surface area contributed by atoms with Crippen molar-refractivity contribution in [2.45, 2.75) is 58.4 Å². The molecule has 0 saturated carbocycles. The van der Waals surface area contributed by atoms with Crippen molar-refractivity contribution in [1.29, 1.82) is 0 Å². The first-order valence-electron chi connectivity index (χ1n) is 7.13. The van der Waals surface area contributed by atoms with Gasteiger partial charge < -0.3 is 5.32 Å². The van der Waals surface area contributed by atoms with Crippen molar-refractivity contribution < 1.29 is 0 Å². The SMILES string of the molecule is CCCCCCCC#C[C@H](C)Nc1ccccc1. The summed E-state index contributed by atoms with van der Waals surface area (Å²) in [6.07, 6.45) is 7.62. The zero-order valence-electron chi connectivity index (χ0n) is 11.7. The van der Waals surface area contributed by atoms with E-state index in [-0.39, 0.29) is 6.04 Å². The van der Waals surface area contributed by atoms with Crippen LogP contribution < -0.4 is 5.32 Å². The molecule has 0 unspecified atom stereocenters. The average Bonchev–Trinajstić information content (AvgIpc) is 2.39. The molecule has 1 aromatic rings. The van der Waals surface area contributed by atoms with Crippen LogP contribution in [0.1, 0.15) is 52.4 Å². The summed E-state index contributed by atoms with van der Waals surface area (Å²) < 4.78 is 0. The molecule has 0 spiro atoms. The second kappa shape index (κ2) is 9.59. The van der Waals surface area contributed by atoms with Crippen LogP contribution in [0.4, 0.5) is 5.69 Å². The predicted molar refractivity (Wildman–Crippen MR) is 80.7 cm³/mol. The number of anilines is 1. The average molecular weight is 243 g/mol. The highest BCUT2D eigenvalue weighted by Crippen LogP contribution is 2.07. The molecule has 0 fully saturated rings. The van der Waals surface area contributed by atoms with Gasteiger partial charge in [0.1, 0.15) is 0 Å². The van der Waals surface area contributed by atoms with Crippen molar-refractivity contribution in [1.82, 2.24) is 0 Å². The maximum atomic E-state index is 3.38. The van der Waals surface area contributed by atoms with Gasteiger partial charge in [0.05, 0.1) is 6.04 Å². The van der Waals surface area contributed by atoms with Crippen molar-refractivity contribution in [3.05, 3.63) is 30.3 Å². The smallest absolute Gasteiger partial charge is 0.0848 e. The van der Waals surface area contributed by atoms with E-state index in [1.807, 2.05) is 18.2 Å². The van der Waals surface area contributed by atoms with Crippen LogP contribution in [-0.4, -0.2) is 6.04 Å². The van der Waals surface area contributed by atoms with Gasteiger partial charge in [-0.2, -0.15) is 0 Å². The Morgan fingerprint density at radius 2 is 1.78 bits per heavy atom. The highest BCUT2D eigenvalue weighted by atomic mass is 14.9. The van der Waals surface area contributed by atoms with Gasteiger partial charge in [-0.3, -0.25) is 0 Å². The lowest BCUT2D eigenvalue weighted by Crippen LogP contribution is -2.11. The Morgan fingerprint density at radius 1 is 1.06 bits per heavy atom. The second-order valence-electron chi connectivity index (χ2n) is 4.72. The summed E-state index contributed by atoms with van der Waals surface area (Å²) in [6.45, 7) is 4.35. The largest absolute Gasteiger partial charge is 0.372 e. The third kappa shape index (κ3) is 7.01. The molecule has 0 saturated heterocycles. The van der Waals surface area contributed by atoms with Gasteiger partial charge in [-0.15, -0.1) is 5.92 Å². The van der Waals surface area contributed by atoms with Crippen LogP contribution in [0.5, 0.6) is 0 Å². The standard InChI is InChI=1S/C17H25N/c1-3-4-5-6-7-8-10-13-16(2)18-17-14-11-9-12-15-17/h9,11-12,14-16,18H,3-8H2,1-2H3/t16-/m0/s1. The molecule has 0 radical (unpaired) electrons. The van der Waals surface area contributed by atoms with E-state index in [1.165, 1.54) is 32.1 Å². The quantitative estimate of drug-likeness (QED) is 0.533. The molecule has 0 aliphatic carbocycles. The summed E-state index contributed by atoms with van der Waals surface area (Å²) in [6, 6.07) is 10.5. The van der Waals surface area contributed by atoms with Gasteiger partial charge in [0.2, 0.25) is 0 Å². The van der Waals surface area contributed by atoms with Crippen LogP contribution >= 0.6 is 0 Å². The summed E-state index contributed by atoms with van der Waals surface area (Å²) in [7, 11) is 0. The Morgan fingerprint density at radius 3 is 2.50 bits per heavy atom. The molecule has 1 N–H and O–H groups in total. The minimum Gasteiger partial charge on any atom is -0.372 e. The van der Waals surface area contributed by atoms with Gasteiger partial charge in [0, 0.05) is 12.1 Å². The third-order valence-electron chi connectivity index (χ3n) is 2.88. The number of nitrogens with one attached hydrogen (secondary N) is 1. The second-order valence-corrected chi connectivity index (χ2v) is 4.72. The zero-order chi connectivity index (χ0) is 13.1. The molecule has 18 heavy (non-hydrogen) atoms. The lowest BCUT2D eigenvalue weighted by molar-refractivity contribution is 0.641. The normalized spacial score (nSPS) is 11.4. The monoisotopic (exact) mass is 243 g/mol. The molecule has 0 aliphatic rings. The minimum absolute atomic E-state index is 0.225. The number of benzene rings is 1. The first-order chi connectivity index (χ1) is 8.83. The van der Waals surface area contributed by atoms with E-state index in [0.717, 1.165) is 12.1 Å². The fourth-order valence-corrected chi connectivity index (χ4v) is 1.86. The molecule has 0 bridgehead atoms. The fraction of sp³-hybridized carbons (Fsp3) is 0.529. The van der Waals surface area contributed by atoms with Crippen molar-refractivity contribution in [3.8, 4) is 11.8 Å². The molecule has 1 atom stereocenters. The van der Waals surface area contributed by atoms with Crippen LogP contribution in [0.2, 0.25) is 0 Å². The highest BCUT2D eigenvalue weighted by molar-refractivity contribution is 5.44. The van der Waals surface area contributed by atoms with Crippen molar-refractivity contribution in [2.75, 3.05) is 5.32 Å². The summed E-state index contributed by atoms with van der Waals surface area (Å²) in [4.78, 5) is 0. The summed E-state index contributed by atoms with van der Waals surface area (Å²) in [5.74, 6) is 6.53. The fourth-order valence-electron chi connectivity index (χ4n) is 1.86. The molecule has 1 aromatic carbocycles. The summed E-state index contributed by atoms with van der Waals surface area (Å²) >= 11 is 0. The summed E-state index contributed by atoms with van der Waals surface area (Å²) in [5.41, 5.74) is 1.14. The van der Waals surface area contributed by atoms with Crippen LogP contribution in [0, 0.1) is 11.8 Å². The lowest BCUT2D eigenvalue weighted by Gasteiger charge is -2.08. The molecule has 0 aliphatic heterocycles.